The summed E-state index contributed by atoms with van der Waals surface area (Å²) in [6.07, 6.45) is -0.811. The average molecular weight is 419 g/mol. The van der Waals surface area contributed by atoms with Crippen LogP contribution in [0.15, 0.2) is 36.4 Å². The zero-order chi connectivity index (χ0) is 20.5. The van der Waals surface area contributed by atoms with E-state index < -0.39 is 12.3 Å². The van der Waals surface area contributed by atoms with Crippen molar-refractivity contribution in [2.45, 2.75) is 38.3 Å². The van der Waals surface area contributed by atoms with Gasteiger partial charge < -0.3 is 10.6 Å². The first kappa shape index (κ1) is 20.0. The second-order valence-electron chi connectivity index (χ2n) is 7.65. The number of halogens is 2. The lowest BCUT2D eigenvalue weighted by molar-refractivity contribution is -0.126. The highest BCUT2D eigenvalue weighted by Gasteiger charge is 2.40. The fraction of sp³-hybridized carbons (Fsp3) is 0.429. The number of nitrogens with one attached hydrogen (secondary N) is 2. The minimum Gasteiger partial charge on any atom is -0.347 e. The van der Waals surface area contributed by atoms with Crippen molar-refractivity contribution in [2.24, 2.45) is 5.92 Å². The zero-order valence-corrected chi connectivity index (χ0v) is 16.8. The number of carbonyl (C=O) groups is 2. The minimum absolute atomic E-state index is 0.0750. The van der Waals surface area contributed by atoms with E-state index in [4.69, 9.17) is 0 Å². The number of alkyl halides is 2. The number of nitrogens with zero attached hydrogens (tertiary/aromatic N) is 1. The van der Waals surface area contributed by atoms with Gasteiger partial charge in [0, 0.05) is 22.6 Å². The number of hydrogen-bond donors (Lipinski definition) is 2. The number of amides is 2. The summed E-state index contributed by atoms with van der Waals surface area (Å²) in [4.78, 5) is 27.9. The Morgan fingerprint density at radius 1 is 1.17 bits per heavy atom. The number of carbonyl (C=O) groups excluding carboxylic acids is 2. The Labute approximate surface area is 172 Å². The van der Waals surface area contributed by atoms with Crippen molar-refractivity contribution >= 4 is 28.8 Å². The highest BCUT2D eigenvalue weighted by molar-refractivity contribution is 7.17. The van der Waals surface area contributed by atoms with Crippen LogP contribution in [-0.2, 0) is 4.79 Å². The number of piperidine rings is 3. The Morgan fingerprint density at radius 2 is 1.93 bits per heavy atom. The number of thiophene rings is 1. The molecule has 0 spiro atoms. The fourth-order valence-corrected chi connectivity index (χ4v) is 5.24. The molecule has 1 aromatic carbocycles. The van der Waals surface area contributed by atoms with Crippen molar-refractivity contribution in [3.8, 4) is 10.4 Å². The van der Waals surface area contributed by atoms with Gasteiger partial charge >= 0.3 is 6.43 Å². The smallest absolute Gasteiger partial charge is 0.315 e. The van der Waals surface area contributed by atoms with Gasteiger partial charge in [-0.05, 0) is 68.6 Å². The Kier molecular flexibility index (Phi) is 5.65. The van der Waals surface area contributed by atoms with Gasteiger partial charge in [0.15, 0.2) is 0 Å². The van der Waals surface area contributed by atoms with E-state index in [1.165, 1.54) is 11.3 Å². The van der Waals surface area contributed by atoms with Crippen molar-refractivity contribution in [1.82, 2.24) is 10.2 Å². The van der Waals surface area contributed by atoms with Crippen molar-refractivity contribution in [2.75, 3.05) is 18.4 Å². The SMILES string of the molecule is CC1C(NC(=O)c2ccc(-c3cccc(NC(=O)C(F)F)c3)s2)C2CCN1CC2. The van der Waals surface area contributed by atoms with Crippen molar-refractivity contribution in [1.29, 1.82) is 0 Å². The summed E-state index contributed by atoms with van der Waals surface area (Å²) in [5, 5.41) is 5.41. The maximum atomic E-state index is 12.8. The standard InChI is InChI=1S/C21H23F2N3O2S/c1-12-18(13-7-9-26(12)10-8-13)25-20(27)17-6-5-16(29-17)14-3-2-4-15(11-14)24-21(28)19(22)23/h2-6,11-13,18-19H,7-10H2,1H3,(H,24,28)(H,25,27). The van der Waals surface area contributed by atoms with E-state index in [0.29, 0.717) is 22.5 Å². The Hall–Kier alpha value is -2.32. The van der Waals surface area contributed by atoms with Crippen LogP contribution in [0.4, 0.5) is 14.5 Å². The molecule has 29 heavy (non-hydrogen) atoms. The van der Waals surface area contributed by atoms with E-state index >= 15 is 0 Å². The van der Waals surface area contributed by atoms with Crippen LogP contribution in [-0.4, -0.2) is 48.3 Å². The quantitative estimate of drug-likeness (QED) is 0.774. The summed E-state index contributed by atoms with van der Waals surface area (Å²) < 4.78 is 24.9. The van der Waals surface area contributed by atoms with Gasteiger partial charge in [-0.1, -0.05) is 12.1 Å². The van der Waals surface area contributed by atoms with Gasteiger partial charge in [-0.25, -0.2) is 0 Å². The number of rotatable bonds is 5. The molecule has 3 aliphatic rings. The van der Waals surface area contributed by atoms with Gasteiger partial charge in [-0.2, -0.15) is 8.78 Å². The van der Waals surface area contributed by atoms with E-state index in [9.17, 15) is 18.4 Å². The molecule has 3 saturated heterocycles. The first-order valence-corrected chi connectivity index (χ1v) is 10.6. The average Bonchev–Trinajstić information content (AvgIpc) is 3.21. The number of fused-ring (bicyclic) bond motifs is 3. The zero-order valence-electron chi connectivity index (χ0n) is 16.0. The van der Waals surface area contributed by atoms with Crippen LogP contribution in [0.2, 0.25) is 0 Å². The lowest BCUT2D eigenvalue weighted by atomic mass is 9.79. The minimum atomic E-state index is -3.07. The number of benzene rings is 1. The van der Waals surface area contributed by atoms with Gasteiger partial charge in [0.25, 0.3) is 11.8 Å². The molecule has 8 heteroatoms. The maximum absolute atomic E-state index is 12.8. The molecule has 2 unspecified atom stereocenters. The van der Waals surface area contributed by atoms with Crippen molar-refractivity contribution in [3.63, 3.8) is 0 Å². The molecule has 0 saturated carbocycles. The van der Waals surface area contributed by atoms with Crippen LogP contribution >= 0.6 is 11.3 Å². The molecule has 5 rings (SSSR count). The van der Waals surface area contributed by atoms with E-state index in [2.05, 4.69) is 22.5 Å². The summed E-state index contributed by atoms with van der Waals surface area (Å²) in [7, 11) is 0. The van der Waals surface area contributed by atoms with Gasteiger partial charge in [0.2, 0.25) is 0 Å². The van der Waals surface area contributed by atoms with Crippen LogP contribution < -0.4 is 10.6 Å². The summed E-state index contributed by atoms with van der Waals surface area (Å²) >= 11 is 1.35. The molecule has 0 aliphatic carbocycles. The Morgan fingerprint density at radius 3 is 2.62 bits per heavy atom. The van der Waals surface area contributed by atoms with E-state index in [1.54, 1.807) is 24.3 Å². The van der Waals surface area contributed by atoms with E-state index in [0.717, 1.165) is 36.4 Å². The normalized spacial score (nSPS) is 25.8. The molecule has 4 heterocycles. The molecule has 3 aliphatic heterocycles. The molecule has 1 aromatic heterocycles. The second kappa shape index (κ2) is 8.20. The van der Waals surface area contributed by atoms with Crippen LogP contribution in [0.25, 0.3) is 10.4 Å². The highest BCUT2D eigenvalue weighted by atomic mass is 32.1. The maximum Gasteiger partial charge on any atom is 0.315 e. The van der Waals surface area contributed by atoms with Crippen LogP contribution in [0.5, 0.6) is 0 Å². The first-order chi connectivity index (χ1) is 13.9. The summed E-state index contributed by atoms with van der Waals surface area (Å²) in [5.41, 5.74) is 1.06. The summed E-state index contributed by atoms with van der Waals surface area (Å²) in [6.45, 7) is 4.40. The van der Waals surface area contributed by atoms with Gasteiger partial charge in [0.05, 0.1) is 4.88 Å². The predicted molar refractivity (Wildman–Crippen MR) is 109 cm³/mol. The Balaban J connectivity index is 1.46. The lowest BCUT2D eigenvalue weighted by Crippen LogP contribution is -2.62. The van der Waals surface area contributed by atoms with Crippen LogP contribution in [0, 0.1) is 5.92 Å². The van der Waals surface area contributed by atoms with Crippen molar-refractivity contribution < 1.29 is 18.4 Å². The lowest BCUT2D eigenvalue weighted by Gasteiger charge is -2.49. The highest BCUT2D eigenvalue weighted by Crippen LogP contribution is 2.33. The molecule has 2 aromatic rings. The van der Waals surface area contributed by atoms with Gasteiger partial charge in [-0.15, -0.1) is 11.3 Å². The Bertz CT molecular complexity index is 907. The van der Waals surface area contributed by atoms with Crippen LogP contribution in [0.1, 0.15) is 29.4 Å². The molecule has 3 fully saturated rings. The molecule has 2 amide bonds. The first-order valence-electron chi connectivity index (χ1n) is 9.76. The molecular formula is C21H23F2N3O2S. The monoisotopic (exact) mass is 419 g/mol. The predicted octanol–water partition coefficient (Wildman–Crippen LogP) is 3.83. The largest absolute Gasteiger partial charge is 0.347 e. The van der Waals surface area contributed by atoms with Crippen molar-refractivity contribution in [3.05, 3.63) is 41.3 Å². The topological polar surface area (TPSA) is 61.4 Å². The molecule has 5 nitrogen and oxygen atoms in total. The summed E-state index contributed by atoms with van der Waals surface area (Å²) in [6, 6.07) is 10.8. The number of hydrogen-bond acceptors (Lipinski definition) is 4. The molecule has 2 N–H and O–H groups in total. The van der Waals surface area contributed by atoms with E-state index in [1.807, 2.05) is 12.1 Å². The van der Waals surface area contributed by atoms with Crippen LogP contribution in [0.3, 0.4) is 0 Å². The van der Waals surface area contributed by atoms with Gasteiger partial charge in [-0.3, -0.25) is 14.5 Å². The third-order valence-corrected chi connectivity index (χ3v) is 7.05. The molecule has 0 radical (unpaired) electrons. The van der Waals surface area contributed by atoms with E-state index in [-0.39, 0.29) is 11.9 Å². The molecule has 2 bridgehead atoms. The van der Waals surface area contributed by atoms with Gasteiger partial charge in [0.1, 0.15) is 0 Å². The number of anilines is 1. The molecular weight excluding hydrogens is 396 g/mol. The third-order valence-electron chi connectivity index (χ3n) is 5.92. The molecule has 2 atom stereocenters. The summed E-state index contributed by atoms with van der Waals surface area (Å²) in [5.74, 6) is -0.873. The second-order valence-corrected chi connectivity index (χ2v) is 8.73. The third kappa shape index (κ3) is 4.18. The fourth-order valence-electron chi connectivity index (χ4n) is 4.33. The molecule has 154 valence electrons.